The molecule has 0 fully saturated rings. The number of rotatable bonds is 8. The number of halogens is 2. The zero-order valence-electron chi connectivity index (χ0n) is 15.1. The number of hydrogen-bond acceptors (Lipinski definition) is 5. The van der Waals surface area contributed by atoms with E-state index >= 15 is 0 Å². The van der Waals surface area contributed by atoms with Gasteiger partial charge < -0.3 is 14.6 Å². The number of ether oxygens (including phenoxy) is 1. The molecule has 0 radical (unpaired) electrons. The zero-order chi connectivity index (χ0) is 19.9. The Morgan fingerprint density at radius 2 is 2.04 bits per heavy atom. The van der Waals surface area contributed by atoms with E-state index in [-0.39, 0.29) is 23.3 Å². The number of hydrogen-bond donors (Lipinski definition) is 1. The lowest BCUT2D eigenvalue weighted by Gasteiger charge is -2.07. The molecule has 0 saturated heterocycles. The lowest BCUT2D eigenvalue weighted by Crippen LogP contribution is -2.24. The van der Waals surface area contributed by atoms with Crippen molar-refractivity contribution in [3.8, 4) is 5.75 Å². The summed E-state index contributed by atoms with van der Waals surface area (Å²) in [5.41, 5.74) is 1.04. The van der Waals surface area contributed by atoms with Crippen molar-refractivity contribution in [2.45, 2.75) is 18.3 Å². The maximum Gasteiger partial charge on any atom is 0.230 e. The SMILES string of the molecule is Cn1c(COc2ccc(F)c(Cl)c2)nnc1SCC(=O)NCc1ccccc1. The molecule has 1 aromatic heterocycles. The van der Waals surface area contributed by atoms with Crippen molar-refractivity contribution in [1.82, 2.24) is 20.1 Å². The van der Waals surface area contributed by atoms with E-state index < -0.39 is 5.82 Å². The Balaban J connectivity index is 1.48. The lowest BCUT2D eigenvalue weighted by atomic mass is 10.2. The van der Waals surface area contributed by atoms with E-state index in [9.17, 15) is 9.18 Å². The number of nitrogens with one attached hydrogen (secondary N) is 1. The molecule has 0 aliphatic carbocycles. The van der Waals surface area contributed by atoms with Crippen LogP contribution in [-0.2, 0) is 25.0 Å². The molecule has 0 spiro atoms. The second-order valence-corrected chi connectivity index (χ2v) is 7.22. The normalized spacial score (nSPS) is 10.7. The summed E-state index contributed by atoms with van der Waals surface area (Å²) in [6, 6.07) is 13.8. The fourth-order valence-electron chi connectivity index (χ4n) is 2.29. The van der Waals surface area contributed by atoms with Crippen molar-refractivity contribution in [1.29, 1.82) is 0 Å². The predicted octanol–water partition coefficient (Wildman–Crippen LogP) is 3.60. The van der Waals surface area contributed by atoms with Crippen molar-refractivity contribution in [2.75, 3.05) is 5.75 Å². The minimum Gasteiger partial charge on any atom is -0.486 e. The van der Waals surface area contributed by atoms with Gasteiger partial charge in [-0.1, -0.05) is 53.7 Å². The number of aromatic nitrogens is 3. The fraction of sp³-hybridized carbons (Fsp3) is 0.211. The van der Waals surface area contributed by atoms with Gasteiger partial charge in [-0.25, -0.2) is 4.39 Å². The molecule has 0 bridgehead atoms. The van der Waals surface area contributed by atoms with E-state index in [1.807, 2.05) is 30.3 Å². The highest BCUT2D eigenvalue weighted by molar-refractivity contribution is 7.99. The molecule has 3 rings (SSSR count). The van der Waals surface area contributed by atoms with Gasteiger partial charge in [0.1, 0.15) is 18.2 Å². The van der Waals surface area contributed by atoms with Crippen molar-refractivity contribution in [3.63, 3.8) is 0 Å². The van der Waals surface area contributed by atoms with Crippen molar-refractivity contribution in [2.24, 2.45) is 7.05 Å². The summed E-state index contributed by atoms with van der Waals surface area (Å²) in [4.78, 5) is 12.0. The first kappa shape index (κ1) is 20.2. The molecule has 1 N–H and O–H groups in total. The molecule has 2 aromatic carbocycles. The van der Waals surface area contributed by atoms with Crippen molar-refractivity contribution < 1.29 is 13.9 Å². The van der Waals surface area contributed by atoms with Gasteiger partial charge in [0.2, 0.25) is 5.91 Å². The summed E-state index contributed by atoms with van der Waals surface area (Å²) in [6.07, 6.45) is 0. The summed E-state index contributed by atoms with van der Waals surface area (Å²) < 4.78 is 20.5. The van der Waals surface area contributed by atoms with Crippen LogP contribution in [0.3, 0.4) is 0 Å². The Morgan fingerprint density at radius 3 is 2.79 bits per heavy atom. The fourth-order valence-corrected chi connectivity index (χ4v) is 3.22. The van der Waals surface area contributed by atoms with Crippen LogP contribution in [0, 0.1) is 5.82 Å². The number of carbonyl (C=O) groups is 1. The van der Waals surface area contributed by atoms with E-state index in [1.165, 1.54) is 30.0 Å². The van der Waals surface area contributed by atoms with Crippen molar-refractivity contribution >= 4 is 29.3 Å². The number of carbonyl (C=O) groups excluding carboxylic acids is 1. The maximum absolute atomic E-state index is 13.2. The largest absolute Gasteiger partial charge is 0.486 e. The monoisotopic (exact) mass is 420 g/mol. The van der Waals surface area contributed by atoms with Gasteiger partial charge >= 0.3 is 0 Å². The highest BCUT2D eigenvalue weighted by atomic mass is 35.5. The Morgan fingerprint density at radius 1 is 1.25 bits per heavy atom. The first-order valence-corrected chi connectivity index (χ1v) is 9.79. The molecule has 0 atom stereocenters. The molecule has 3 aromatic rings. The minimum atomic E-state index is -0.503. The smallest absolute Gasteiger partial charge is 0.230 e. The van der Waals surface area contributed by atoms with E-state index in [4.69, 9.17) is 16.3 Å². The van der Waals surface area contributed by atoms with E-state index in [2.05, 4.69) is 15.5 Å². The van der Waals surface area contributed by atoms with Gasteiger partial charge in [-0.3, -0.25) is 4.79 Å². The van der Waals surface area contributed by atoms with Crippen LogP contribution >= 0.6 is 23.4 Å². The number of benzene rings is 2. The second-order valence-electron chi connectivity index (χ2n) is 5.87. The van der Waals surface area contributed by atoms with Gasteiger partial charge in [0.25, 0.3) is 0 Å². The molecule has 6 nitrogen and oxygen atoms in total. The van der Waals surface area contributed by atoms with Crippen LogP contribution in [0.25, 0.3) is 0 Å². The summed E-state index contributed by atoms with van der Waals surface area (Å²) in [5, 5.41) is 11.6. The van der Waals surface area contributed by atoms with E-state index in [1.54, 1.807) is 11.6 Å². The Labute approximate surface area is 171 Å². The summed E-state index contributed by atoms with van der Waals surface area (Å²) in [6.45, 7) is 0.630. The van der Waals surface area contributed by atoms with Gasteiger partial charge in [0.05, 0.1) is 10.8 Å². The third-order valence-electron chi connectivity index (χ3n) is 3.85. The molecule has 146 valence electrons. The molecule has 0 aliphatic rings. The second kappa shape index (κ2) is 9.57. The maximum atomic E-state index is 13.2. The average Bonchev–Trinajstić information content (AvgIpc) is 3.06. The molecule has 9 heteroatoms. The highest BCUT2D eigenvalue weighted by Gasteiger charge is 2.12. The molecule has 0 saturated carbocycles. The van der Waals surface area contributed by atoms with Gasteiger partial charge in [0, 0.05) is 19.7 Å². The van der Waals surface area contributed by atoms with E-state index in [0.717, 1.165) is 5.56 Å². The Kier molecular flexibility index (Phi) is 6.89. The van der Waals surface area contributed by atoms with E-state index in [0.29, 0.717) is 23.3 Å². The number of nitrogens with zero attached hydrogens (tertiary/aromatic N) is 3. The van der Waals surface area contributed by atoms with Crippen LogP contribution in [0.15, 0.2) is 53.7 Å². The zero-order valence-corrected chi connectivity index (χ0v) is 16.6. The quantitative estimate of drug-likeness (QED) is 0.564. The molecular formula is C19H18ClFN4O2S. The molecule has 28 heavy (non-hydrogen) atoms. The summed E-state index contributed by atoms with van der Waals surface area (Å²) in [7, 11) is 1.79. The minimum absolute atomic E-state index is 0.00627. The van der Waals surface area contributed by atoms with Crippen molar-refractivity contribution in [3.05, 3.63) is 70.8 Å². The predicted molar refractivity (Wildman–Crippen MR) is 106 cm³/mol. The first-order valence-electron chi connectivity index (χ1n) is 8.42. The van der Waals surface area contributed by atoms with Crippen LogP contribution in [-0.4, -0.2) is 26.4 Å². The molecular weight excluding hydrogens is 403 g/mol. The molecule has 0 unspecified atom stereocenters. The van der Waals surface area contributed by atoms with Crippen LogP contribution in [0.2, 0.25) is 5.02 Å². The van der Waals surface area contributed by atoms with Gasteiger partial charge in [-0.05, 0) is 17.7 Å². The highest BCUT2D eigenvalue weighted by Crippen LogP contribution is 2.22. The van der Waals surface area contributed by atoms with Crippen LogP contribution in [0.1, 0.15) is 11.4 Å². The topological polar surface area (TPSA) is 69.0 Å². The molecule has 0 aliphatic heterocycles. The lowest BCUT2D eigenvalue weighted by molar-refractivity contribution is -0.118. The number of amides is 1. The summed E-state index contributed by atoms with van der Waals surface area (Å²) >= 11 is 7.03. The van der Waals surface area contributed by atoms with Crippen LogP contribution in [0.4, 0.5) is 4.39 Å². The van der Waals surface area contributed by atoms with Gasteiger partial charge in [0.15, 0.2) is 11.0 Å². The first-order chi connectivity index (χ1) is 13.5. The average molecular weight is 421 g/mol. The third kappa shape index (κ3) is 5.46. The van der Waals surface area contributed by atoms with Crippen LogP contribution in [0.5, 0.6) is 5.75 Å². The van der Waals surface area contributed by atoms with Gasteiger partial charge in [-0.15, -0.1) is 10.2 Å². The third-order valence-corrected chi connectivity index (χ3v) is 5.16. The Hall–Kier alpha value is -2.58. The molecule has 1 amide bonds. The summed E-state index contributed by atoms with van der Waals surface area (Å²) in [5.74, 6) is 0.650. The standard InChI is InChI=1S/C19H18ClFN4O2S/c1-25-17(11-27-14-7-8-16(21)15(20)9-14)23-24-19(25)28-12-18(26)22-10-13-5-3-2-4-6-13/h2-9H,10-12H2,1H3,(H,22,26). The Bertz CT molecular complexity index is 952. The number of thioether (sulfide) groups is 1. The van der Waals surface area contributed by atoms with Crippen LogP contribution < -0.4 is 10.1 Å². The van der Waals surface area contributed by atoms with Gasteiger partial charge in [-0.2, -0.15) is 0 Å². The molecule has 1 heterocycles.